The largest absolute Gasteiger partial charge is 0.479 e. The molecule has 1 amide bonds. The minimum Gasteiger partial charge on any atom is -0.479 e. The number of ether oxygens (including phenoxy) is 1. The van der Waals surface area contributed by atoms with Gasteiger partial charge in [0.05, 0.1) is 6.04 Å². The van der Waals surface area contributed by atoms with E-state index in [2.05, 4.69) is 12.1 Å². The summed E-state index contributed by atoms with van der Waals surface area (Å²) in [6.45, 7) is 0.574. The van der Waals surface area contributed by atoms with Gasteiger partial charge in [-0.05, 0) is 35.1 Å². The van der Waals surface area contributed by atoms with Crippen LogP contribution in [0.15, 0.2) is 48.5 Å². The van der Waals surface area contributed by atoms with Crippen molar-refractivity contribution in [1.82, 2.24) is 4.90 Å². The molecule has 0 radical (unpaired) electrons. The first kappa shape index (κ1) is 17.5. The Morgan fingerprint density at radius 1 is 1.07 bits per heavy atom. The van der Waals surface area contributed by atoms with Gasteiger partial charge in [-0.3, -0.25) is 0 Å². The van der Waals surface area contributed by atoms with Crippen LogP contribution < -0.4 is 0 Å². The fourth-order valence-corrected chi connectivity index (χ4v) is 4.19. The van der Waals surface area contributed by atoms with E-state index in [-0.39, 0.29) is 12.5 Å². The van der Waals surface area contributed by atoms with Crippen molar-refractivity contribution >= 4 is 12.1 Å². The molecule has 2 aliphatic rings. The number of aliphatic carboxylic acids is 1. The highest BCUT2D eigenvalue weighted by molar-refractivity contribution is 5.79. The Labute approximate surface area is 157 Å². The number of aliphatic hydroxyl groups is 1. The van der Waals surface area contributed by atoms with Crippen molar-refractivity contribution in [2.24, 2.45) is 0 Å². The van der Waals surface area contributed by atoms with Gasteiger partial charge in [-0.2, -0.15) is 0 Å². The summed E-state index contributed by atoms with van der Waals surface area (Å²) >= 11 is 0. The topological polar surface area (TPSA) is 87.1 Å². The first-order valence-electron chi connectivity index (χ1n) is 9.10. The molecule has 1 heterocycles. The number of aliphatic hydroxyl groups excluding tert-OH is 1. The number of amides is 1. The maximum atomic E-state index is 12.6. The molecule has 1 aliphatic carbocycles. The van der Waals surface area contributed by atoms with Gasteiger partial charge in [0.2, 0.25) is 0 Å². The number of carboxylic acids is 1. The molecule has 2 N–H and O–H groups in total. The maximum absolute atomic E-state index is 12.6. The number of carbonyl (C=O) groups is 2. The van der Waals surface area contributed by atoms with Crippen molar-refractivity contribution in [3.63, 3.8) is 0 Å². The Morgan fingerprint density at radius 3 is 2.26 bits per heavy atom. The van der Waals surface area contributed by atoms with Gasteiger partial charge < -0.3 is 19.8 Å². The average Bonchev–Trinajstić information content (AvgIpc) is 3.29. The van der Waals surface area contributed by atoms with Gasteiger partial charge in [0.15, 0.2) is 6.10 Å². The molecule has 1 fully saturated rings. The summed E-state index contributed by atoms with van der Waals surface area (Å²) in [5, 5.41) is 18.9. The molecule has 27 heavy (non-hydrogen) atoms. The van der Waals surface area contributed by atoms with E-state index in [0.29, 0.717) is 19.4 Å². The third-order valence-electron chi connectivity index (χ3n) is 5.49. The zero-order valence-corrected chi connectivity index (χ0v) is 14.7. The summed E-state index contributed by atoms with van der Waals surface area (Å²) in [5.41, 5.74) is 4.54. The molecule has 1 saturated heterocycles. The minimum absolute atomic E-state index is 0.0493. The monoisotopic (exact) mass is 367 g/mol. The van der Waals surface area contributed by atoms with Crippen molar-refractivity contribution in [2.45, 2.75) is 30.9 Å². The van der Waals surface area contributed by atoms with E-state index in [9.17, 15) is 14.7 Å². The predicted octanol–water partition coefficient (Wildman–Crippen LogP) is 2.85. The van der Waals surface area contributed by atoms with E-state index in [1.807, 2.05) is 36.4 Å². The highest BCUT2D eigenvalue weighted by Crippen LogP contribution is 2.44. The molecule has 0 bridgehead atoms. The summed E-state index contributed by atoms with van der Waals surface area (Å²) in [7, 11) is 0. The van der Waals surface area contributed by atoms with Crippen LogP contribution in [-0.2, 0) is 9.53 Å². The van der Waals surface area contributed by atoms with Crippen molar-refractivity contribution < 1.29 is 24.5 Å². The zero-order valence-electron chi connectivity index (χ0n) is 14.7. The van der Waals surface area contributed by atoms with Crippen LogP contribution in [0.3, 0.4) is 0 Å². The van der Waals surface area contributed by atoms with Gasteiger partial charge >= 0.3 is 12.1 Å². The van der Waals surface area contributed by atoms with Crippen LogP contribution in [0, 0.1) is 0 Å². The molecule has 6 heteroatoms. The Kier molecular flexibility index (Phi) is 4.58. The molecule has 2 aromatic rings. The van der Waals surface area contributed by atoms with E-state index >= 15 is 0 Å². The van der Waals surface area contributed by atoms with Crippen LogP contribution in [0.4, 0.5) is 4.79 Å². The maximum Gasteiger partial charge on any atom is 0.410 e. The van der Waals surface area contributed by atoms with Crippen LogP contribution in [0.2, 0.25) is 0 Å². The molecule has 1 unspecified atom stereocenters. The molecule has 0 aromatic heterocycles. The molecular formula is C21H21NO5. The van der Waals surface area contributed by atoms with Gasteiger partial charge in [0.1, 0.15) is 6.61 Å². The Balaban J connectivity index is 1.50. The fourth-order valence-electron chi connectivity index (χ4n) is 4.19. The second-order valence-corrected chi connectivity index (χ2v) is 6.99. The van der Waals surface area contributed by atoms with Crippen LogP contribution in [0.1, 0.15) is 29.9 Å². The van der Waals surface area contributed by atoms with Crippen molar-refractivity contribution in [2.75, 3.05) is 13.2 Å². The Bertz CT molecular complexity index is 835. The summed E-state index contributed by atoms with van der Waals surface area (Å²) in [4.78, 5) is 25.0. The molecule has 0 spiro atoms. The number of benzene rings is 2. The third-order valence-corrected chi connectivity index (χ3v) is 5.49. The summed E-state index contributed by atoms with van der Waals surface area (Å²) < 4.78 is 5.57. The number of carbonyl (C=O) groups excluding carboxylic acids is 1. The van der Waals surface area contributed by atoms with E-state index in [1.165, 1.54) is 4.90 Å². The first-order valence-corrected chi connectivity index (χ1v) is 9.10. The number of hydrogen-bond acceptors (Lipinski definition) is 4. The van der Waals surface area contributed by atoms with Crippen molar-refractivity contribution in [1.29, 1.82) is 0 Å². The molecule has 2 atom stereocenters. The van der Waals surface area contributed by atoms with E-state index in [4.69, 9.17) is 9.84 Å². The Morgan fingerprint density at radius 2 is 1.67 bits per heavy atom. The summed E-state index contributed by atoms with van der Waals surface area (Å²) in [6.07, 6.45) is -1.05. The second-order valence-electron chi connectivity index (χ2n) is 6.99. The smallest absolute Gasteiger partial charge is 0.410 e. The lowest BCUT2D eigenvalue weighted by molar-refractivity contribution is -0.149. The SMILES string of the molecule is O=C(O)C(O)[C@H]1CCCN1C(=O)OCC1c2ccccc2-c2ccccc21. The molecule has 140 valence electrons. The lowest BCUT2D eigenvalue weighted by atomic mass is 9.98. The van der Waals surface area contributed by atoms with Gasteiger partial charge in [-0.1, -0.05) is 48.5 Å². The third kappa shape index (κ3) is 3.06. The number of rotatable bonds is 4. The second kappa shape index (κ2) is 7.04. The van der Waals surface area contributed by atoms with Crippen LogP contribution in [-0.4, -0.2) is 52.5 Å². The quantitative estimate of drug-likeness (QED) is 0.868. The highest BCUT2D eigenvalue weighted by Gasteiger charge is 2.39. The molecule has 4 rings (SSSR count). The van der Waals surface area contributed by atoms with E-state index in [0.717, 1.165) is 22.3 Å². The van der Waals surface area contributed by atoms with Crippen LogP contribution in [0.25, 0.3) is 11.1 Å². The average molecular weight is 367 g/mol. The standard InChI is InChI=1S/C21H21NO5/c23-19(20(24)25)18-10-5-11-22(18)21(26)27-12-17-15-8-3-1-6-13(15)14-7-2-4-9-16(14)17/h1-4,6-9,17-19,23H,5,10-12H2,(H,24,25)/t18-,19?/m1/s1. The number of nitrogens with zero attached hydrogens (tertiary/aromatic N) is 1. The first-order chi connectivity index (χ1) is 13.1. The van der Waals surface area contributed by atoms with Crippen LogP contribution >= 0.6 is 0 Å². The summed E-state index contributed by atoms with van der Waals surface area (Å²) in [5.74, 6) is -1.37. The van der Waals surface area contributed by atoms with Crippen LogP contribution in [0.5, 0.6) is 0 Å². The summed E-state index contributed by atoms with van der Waals surface area (Å²) in [6, 6.07) is 15.4. The molecule has 6 nitrogen and oxygen atoms in total. The van der Waals surface area contributed by atoms with Gasteiger partial charge in [-0.15, -0.1) is 0 Å². The number of fused-ring (bicyclic) bond motifs is 3. The number of hydrogen-bond donors (Lipinski definition) is 2. The van der Waals surface area contributed by atoms with Crippen molar-refractivity contribution in [3.05, 3.63) is 59.7 Å². The van der Waals surface area contributed by atoms with E-state index in [1.54, 1.807) is 0 Å². The van der Waals surface area contributed by atoms with Gasteiger partial charge in [-0.25, -0.2) is 9.59 Å². The Hall–Kier alpha value is -2.86. The zero-order chi connectivity index (χ0) is 19.0. The van der Waals surface area contributed by atoms with Gasteiger partial charge in [0, 0.05) is 12.5 Å². The minimum atomic E-state index is -1.59. The van der Waals surface area contributed by atoms with Gasteiger partial charge in [0.25, 0.3) is 0 Å². The lowest BCUT2D eigenvalue weighted by Gasteiger charge is -2.26. The lowest BCUT2D eigenvalue weighted by Crippen LogP contribution is -2.46. The molecular weight excluding hydrogens is 346 g/mol. The molecule has 0 saturated carbocycles. The molecule has 1 aliphatic heterocycles. The van der Waals surface area contributed by atoms with E-state index < -0.39 is 24.2 Å². The molecule has 2 aromatic carbocycles. The fraction of sp³-hybridized carbons (Fsp3) is 0.333. The highest BCUT2D eigenvalue weighted by atomic mass is 16.6. The normalized spacial score (nSPS) is 19.4. The predicted molar refractivity (Wildman–Crippen MR) is 98.4 cm³/mol. The van der Waals surface area contributed by atoms with Crippen molar-refractivity contribution in [3.8, 4) is 11.1 Å². The number of likely N-dealkylation sites (tertiary alicyclic amines) is 1. The number of carboxylic acid groups (broad SMARTS) is 1.